The number of carbonyl (C=O) groups excluding carboxylic acids is 2. The van der Waals surface area contributed by atoms with E-state index in [4.69, 9.17) is 4.74 Å². The van der Waals surface area contributed by atoms with Crippen LogP contribution < -0.4 is 0 Å². The summed E-state index contributed by atoms with van der Waals surface area (Å²) in [4.78, 5) is 26.0. The van der Waals surface area contributed by atoms with Crippen molar-refractivity contribution in [2.75, 3.05) is 19.7 Å². The standard InChI is InChI=1S/C15H17FINO3/c1-2-21-15(20)10-4-3-7-18(9-10)14(19)12-6-5-11(16)8-13(12)17/h5-6,8,10H,2-4,7,9H2,1H3/t10-/m1/s1. The second-order valence-electron chi connectivity index (χ2n) is 4.97. The van der Waals surface area contributed by atoms with Crippen molar-refractivity contribution in [3.63, 3.8) is 0 Å². The van der Waals surface area contributed by atoms with Gasteiger partial charge in [0.2, 0.25) is 0 Å². The number of carbonyl (C=O) groups is 2. The first-order chi connectivity index (χ1) is 10.0. The Balaban J connectivity index is 2.10. The van der Waals surface area contributed by atoms with Crippen LogP contribution in [0, 0.1) is 15.3 Å². The highest BCUT2D eigenvalue weighted by Gasteiger charge is 2.30. The molecule has 1 aromatic rings. The second-order valence-corrected chi connectivity index (χ2v) is 6.13. The molecule has 1 amide bonds. The largest absolute Gasteiger partial charge is 0.466 e. The molecular weight excluding hydrogens is 388 g/mol. The van der Waals surface area contributed by atoms with E-state index in [0.717, 1.165) is 12.8 Å². The van der Waals surface area contributed by atoms with Gasteiger partial charge in [0, 0.05) is 16.7 Å². The van der Waals surface area contributed by atoms with E-state index in [2.05, 4.69) is 0 Å². The molecule has 1 aromatic carbocycles. The van der Waals surface area contributed by atoms with Crippen LogP contribution in [0.5, 0.6) is 0 Å². The highest BCUT2D eigenvalue weighted by molar-refractivity contribution is 14.1. The van der Waals surface area contributed by atoms with Crippen LogP contribution in [-0.4, -0.2) is 36.5 Å². The molecule has 0 N–H and O–H groups in total. The molecule has 1 atom stereocenters. The lowest BCUT2D eigenvalue weighted by molar-refractivity contribution is -0.149. The molecule has 1 saturated heterocycles. The van der Waals surface area contributed by atoms with Gasteiger partial charge in [0.25, 0.3) is 5.91 Å². The van der Waals surface area contributed by atoms with Gasteiger partial charge in [-0.25, -0.2) is 4.39 Å². The summed E-state index contributed by atoms with van der Waals surface area (Å²) in [5, 5.41) is 0. The number of amides is 1. The lowest BCUT2D eigenvalue weighted by Gasteiger charge is -2.31. The molecule has 0 spiro atoms. The number of halogens is 2. The third-order valence-corrected chi connectivity index (χ3v) is 4.38. The maximum Gasteiger partial charge on any atom is 0.310 e. The van der Waals surface area contributed by atoms with Crippen LogP contribution in [0.25, 0.3) is 0 Å². The summed E-state index contributed by atoms with van der Waals surface area (Å²) in [5.74, 6) is -1.03. The SMILES string of the molecule is CCOC(=O)[C@@H]1CCCN(C(=O)c2ccc(F)cc2I)C1. The second kappa shape index (κ2) is 7.20. The van der Waals surface area contributed by atoms with Crippen LogP contribution in [-0.2, 0) is 9.53 Å². The van der Waals surface area contributed by atoms with Crippen LogP contribution in [0.2, 0.25) is 0 Å². The van der Waals surface area contributed by atoms with E-state index < -0.39 is 0 Å². The minimum absolute atomic E-state index is 0.159. The highest BCUT2D eigenvalue weighted by Crippen LogP contribution is 2.22. The maximum absolute atomic E-state index is 13.1. The molecular formula is C15H17FINO3. The quantitative estimate of drug-likeness (QED) is 0.574. The zero-order valence-corrected chi connectivity index (χ0v) is 13.9. The van der Waals surface area contributed by atoms with Crippen LogP contribution >= 0.6 is 22.6 Å². The number of esters is 1. The molecule has 21 heavy (non-hydrogen) atoms. The highest BCUT2D eigenvalue weighted by atomic mass is 127. The Morgan fingerprint density at radius 3 is 2.90 bits per heavy atom. The topological polar surface area (TPSA) is 46.6 Å². The van der Waals surface area contributed by atoms with Crippen molar-refractivity contribution in [1.29, 1.82) is 0 Å². The summed E-state index contributed by atoms with van der Waals surface area (Å²) in [6.45, 7) is 3.09. The van der Waals surface area contributed by atoms with Gasteiger partial charge in [-0.2, -0.15) is 0 Å². The van der Waals surface area contributed by atoms with Gasteiger partial charge in [-0.1, -0.05) is 0 Å². The molecule has 1 fully saturated rings. The zero-order valence-electron chi connectivity index (χ0n) is 11.8. The predicted octanol–water partition coefficient (Wildman–Crippen LogP) is 2.85. The maximum atomic E-state index is 13.1. The normalized spacial score (nSPS) is 18.4. The summed E-state index contributed by atoms with van der Waals surface area (Å²) < 4.78 is 18.7. The smallest absolute Gasteiger partial charge is 0.310 e. The predicted molar refractivity (Wildman–Crippen MR) is 84.4 cm³/mol. The summed E-state index contributed by atoms with van der Waals surface area (Å²) >= 11 is 1.95. The van der Waals surface area contributed by atoms with Crippen LogP contribution in [0.4, 0.5) is 4.39 Å². The first kappa shape index (κ1) is 16.2. The van der Waals surface area contributed by atoms with E-state index in [1.807, 2.05) is 22.6 Å². The van der Waals surface area contributed by atoms with Gasteiger partial charge < -0.3 is 9.64 Å². The number of nitrogens with zero attached hydrogens (tertiary/aromatic N) is 1. The summed E-state index contributed by atoms with van der Waals surface area (Å²) in [6.07, 6.45) is 1.51. The molecule has 0 radical (unpaired) electrons. The van der Waals surface area contributed by atoms with E-state index in [0.29, 0.717) is 28.8 Å². The van der Waals surface area contributed by atoms with E-state index in [-0.39, 0.29) is 23.6 Å². The molecule has 0 unspecified atom stereocenters. The Morgan fingerprint density at radius 1 is 1.48 bits per heavy atom. The van der Waals surface area contributed by atoms with Crippen LogP contribution in [0.3, 0.4) is 0 Å². The number of likely N-dealkylation sites (tertiary alicyclic amines) is 1. The Morgan fingerprint density at radius 2 is 2.24 bits per heavy atom. The van der Waals surface area contributed by atoms with Crippen molar-refractivity contribution >= 4 is 34.5 Å². The number of piperidine rings is 1. The third kappa shape index (κ3) is 3.93. The van der Waals surface area contributed by atoms with E-state index in [9.17, 15) is 14.0 Å². The van der Waals surface area contributed by atoms with Crippen LogP contribution in [0.15, 0.2) is 18.2 Å². The minimum atomic E-state index is -0.362. The number of hydrogen-bond acceptors (Lipinski definition) is 3. The van der Waals surface area contributed by atoms with Crippen molar-refractivity contribution in [3.8, 4) is 0 Å². The first-order valence-corrected chi connectivity index (χ1v) is 8.01. The van der Waals surface area contributed by atoms with Crippen molar-refractivity contribution in [1.82, 2.24) is 4.90 Å². The Kier molecular flexibility index (Phi) is 5.55. The fraction of sp³-hybridized carbons (Fsp3) is 0.467. The number of rotatable bonds is 3. The molecule has 4 nitrogen and oxygen atoms in total. The van der Waals surface area contributed by atoms with Gasteiger partial charge in [0.1, 0.15) is 5.82 Å². The lowest BCUT2D eigenvalue weighted by atomic mass is 9.97. The first-order valence-electron chi connectivity index (χ1n) is 6.94. The van der Waals surface area contributed by atoms with Crippen molar-refractivity contribution in [2.45, 2.75) is 19.8 Å². The number of benzene rings is 1. The monoisotopic (exact) mass is 405 g/mol. The van der Waals surface area contributed by atoms with E-state index in [1.54, 1.807) is 11.8 Å². The van der Waals surface area contributed by atoms with Gasteiger partial charge in [-0.05, 0) is 60.6 Å². The molecule has 6 heteroatoms. The summed E-state index contributed by atoms with van der Waals surface area (Å²) in [6, 6.07) is 4.11. The molecule has 1 heterocycles. The molecule has 114 valence electrons. The molecule has 0 bridgehead atoms. The van der Waals surface area contributed by atoms with Crippen molar-refractivity contribution in [3.05, 3.63) is 33.1 Å². The van der Waals surface area contributed by atoms with Gasteiger partial charge in [-0.3, -0.25) is 9.59 Å². The number of ether oxygens (including phenoxy) is 1. The fourth-order valence-corrected chi connectivity index (χ4v) is 3.16. The van der Waals surface area contributed by atoms with Gasteiger partial charge >= 0.3 is 5.97 Å². The Labute approximate surface area is 136 Å². The molecule has 0 aliphatic carbocycles. The van der Waals surface area contributed by atoms with Crippen molar-refractivity contribution in [2.24, 2.45) is 5.92 Å². The minimum Gasteiger partial charge on any atom is -0.466 e. The molecule has 0 aromatic heterocycles. The van der Waals surface area contributed by atoms with E-state index >= 15 is 0 Å². The Bertz CT molecular complexity index is 550. The zero-order chi connectivity index (χ0) is 15.4. The molecule has 1 aliphatic rings. The molecule has 2 rings (SSSR count). The summed E-state index contributed by atoms with van der Waals surface area (Å²) in [5.41, 5.74) is 0.474. The average Bonchev–Trinajstić information content (AvgIpc) is 2.47. The average molecular weight is 405 g/mol. The van der Waals surface area contributed by atoms with Crippen LogP contribution in [0.1, 0.15) is 30.1 Å². The van der Waals surface area contributed by atoms with Gasteiger partial charge in [-0.15, -0.1) is 0 Å². The lowest BCUT2D eigenvalue weighted by Crippen LogP contribution is -2.43. The number of hydrogen-bond donors (Lipinski definition) is 0. The molecule has 0 saturated carbocycles. The fourth-order valence-electron chi connectivity index (χ4n) is 2.45. The van der Waals surface area contributed by atoms with Gasteiger partial charge in [0.05, 0.1) is 18.1 Å². The van der Waals surface area contributed by atoms with Crippen molar-refractivity contribution < 1.29 is 18.7 Å². The summed E-state index contributed by atoms with van der Waals surface area (Å²) in [7, 11) is 0. The molecule has 1 aliphatic heterocycles. The Hall–Kier alpha value is -1.18. The third-order valence-electron chi connectivity index (χ3n) is 3.49. The van der Waals surface area contributed by atoms with Gasteiger partial charge in [0.15, 0.2) is 0 Å². The van der Waals surface area contributed by atoms with E-state index in [1.165, 1.54) is 18.2 Å².